The molecule has 176 valence electrons. The van der Waals surface area contributed by atoms with Crippen molar-refractivity contribution in [1.29, 1.82) is 0 Å². The predicted octanol–water partition coefficient (Wildman–Crippen LogP) is 4.43. The van der Waals surface area contributed by atoms with Crippen LogP contribution in [0, 0.1) is 0 Å². The minimum Gasteiger partial charge on any atom is -0.330 e. The van der Waals surface area contributed by atoms with Gasteiger partial charge in [-0.2, -0.15) is 0 Å². The Morgan fingerprint density at radius 3 is 2.32 bits per heavy atom. The Kier molecular flexibility index (Phi) is 7.43. The maximum atomic E-state index is 13.1. The summed E-state index contributed by atoms with van der Waals surface area (Å²) in [6, 6.07) is 19.4. The third-order valence-corrected chi connectivity index (χ3v) is 7.78. The first-order chi connectivity index (χ1) is 16.4. The van der Waals surface area contributed by atoms with Crippen molar-refractivity contribution in [3.05, 3.63) is 101 Å². The molecule has 4 rings (SSSR count). The SMILES string of the molecule is CCc1ccc(CN(Cc2cccnc2)C(=O)/C=C/c2ccc(N3CCCS3(=O)=O)cc2)cc1. The largest absolute Gasteiger partial charge is 0.330 e. The Morgan fingerprint density at radius 1 is 1.00 bits per heavy atom. The van der Waals surface area contributed by atoms with Crippen molar-refractivity contribution in [2.24, 2.45) is 0 Å². The van der Waals surface area contributed by atoms with Gasteiger partial charge in [-0.1, -0.05) is 49.4 Å². The number of aromatic nitrogens is 1. The van der Waals surface area contributed by atoms with Crippen molar-refractivity contribution in [1.82, 2.24) is 9.88 Å². The highest BCUT2D eigenvalue weighted by atomic mass is 32.2. The lowest BCUT2D eigenvalue weighted by atomic mass is 10.1. The number of rotatable bonds is 8. The van der Waals surface area contributed by atoms with Crippen molar-refractivity contribution in [3.8, 4) is 0 Å². The summed E-state index contributed by atoms with van der Waals surface area (Å²) in [5, 5.41) is 0. The number of amides is 1. The fraction of sp³-hybridized carbons (Fsp3) is 0.259. The van der Waals surface area contributed by atoms with Gasteiger partial charge in [0.05, 0.1) is 11.4 Å². The third kappa shape index (κ3) is 5.91. The van der Waals surface area contributed by atoms with Crippen LogP contribution in [0.25, 0.3) is 6.08 Å². The highest BCUT2D eigenvalue weighted by molar-refractivity contribution is 7.93. The number of aryl methyl sites for hydroxylation is 1. The van der Waals surface area contributed by atoms with E-state index in [1.54, 1.807) is 41.6 Å². The Morgan fingerprint density at radius 2 is 1.71 bits per heavy atom. The monoisotopic (exact) mass is 475 g/mol. The van der Waals surface area contributed by atoms with E-state index >= 15 is 0 Å². The fourth-order valence-electron chi connectivity index (χ4n) is 3.98. The number of pyridine rings is 1. The minimum atomic E-state index is -3.20. The van der Waals surface area contributed by atoms with Gasteiger partial charge in [0.25, 0.3) is 0 Å². The number of carbonyl (C=O) groups excluding carboxylic acids is 1. The molecule has 34 heavy (non-hydrogen) atoms. The number of hydrogen-bond donors (Lipinski definition) is 0. The second-order valence-electron chi connectivity index (χ2n) is 8.39. The van der Waals surface area contributed by atoms with Crippen LogP contribution in [0.15, 0.2) is 79.1 Å². The molecule has 6 nitrogen and oxygen atoms in total. The molecule has 0 spiro atoms. The summed E-state index contributed by atoms with van der Waals surface area (Å²) < 4.78 is 25.7. The zero-order chi connectivity index (χ0) is 24.0. The first kappa shape index (κ1) is 23.7. The van der Waals surface area contributed by atoms with Crippen LogP contribution in [0.5, 0.6) is 0 Å². The maximum absolute atomic E-state index is 13.1. The van der Waals surface area contributed by atoms with Crippen LogP contribution in [0.4, 0.5) is 5.69 Å². The highest BCUT2D eigenvalue weighted by Gasteiger charge is 2.28. The van der Waals surface area contributed by atoms with Crippen LogP contribution in [-0.2, 0) is 34.3 Å². The van der Waals surface area contributed by atoms with Crippen molar-refractivity contribution in [3.63, 3.8) is 0 Å². The predicted molar refractivity (Wildman–Crippen MR) is 136 cm³/mol. The third-order valence-electron chi connectivity index (χ3n) is 5.91. The molecule has 0 atom stereocenters. The molecular weight excluding hydrogens is 446 g/mol. The number of benzene rings is 2. The molecule has 0 N–H and O–H groups in total. The summed E-state index contributed by atoms with van der Waals surface area (Å²) in [5.74, 6) is 0.0894. The second-order valence-corrected chi connectivity index (χ2v) is 10.4. The fourth-order valence-corrected chi connectivity index (χ4v) is 5.54. The average Bonchev–Trinajstić information content (AvgIpc) is 3.22. The lowest BCUT2D eigenvalue weighted by Gasteiger charge is -2.22. The van der Waals surface area contributed by atoms with Crippen molar-refractivity contribution in [2.45, 2.75) is 32.9 Å². The van der Waals surface area contributed by atoms with Gasteiger partial charge in [0.15, 0.2) is 0 Å². The van der Waals surface area contributed by atoms with E-state index in [0.717, 1.165) is 23.1 Å². The van der Waals surface area contributed by atoms with Crippen LogP contribution < -0.4 is 4.31 Å². The van der Waals surface area contributed by atoms with Crippen LogP contribution >= 0.6 is 0 Å². The van der Waals surface area contributed by atoms with E-state index in [-0.39, 0.29) is 11.7 Å². The first-order valence-corrected chi connectivity index (χ1v) is 13.1. The Labute approximate surface area is 201 Å². The minimum absolute atomic E-state index is 0.102. The van der Waals surface area contributed by atoms with Crippen LogP contribution in [-0.4, -0.2) is 36.5 Å². The highest BCUT2D eigenvalue weighted by Crippen LogP contribution is 2.24. The molecule has 2 aromatic carbocycles. The summed E-state index contributed by atoms with van der Waals surface area (Å²) in [4.78, 5) is 19.1. The molecular formula is C27H29N3O3S. The smallest absolute Gasteiger partial charge is 0.247 e. The number of hydrogen-bond acceptors (Lipinski definition) is 4. The Bertz CT molecular complexity index is 1240. The Balaban J connectivity index is 1.48. The van der Waals surface area contributed by atoms with Gasteiger partial charge in [-0.05, 0) is 59.4 Å². The maximum Gasteiger partial charge on any atom is 0.247 e. The van der Waals surface area contributed by atoms with Gasteiger partial charge in [0.1, 0.15) is 0 Å². The molecule has 0 saturated carbocycles. The zero-order valence-corrected chi connectivity index (χ0v) is 20.1. The van der Waals surface area contributed by atoms with Crippen molar-refractivity contribution < 1.29 is 13.2 Å². The number of anilines is 1. The van der Waals surface area contributed by atoms with Crippen LogP contribution in [0.1, 0.15) is 35.6 Å². The van der Waals surface area contributed by atoms with E-state index in [9.17, 15) is 13.2 Å². The molecule has 1 aliphatic rings. The van der Waals surface area contributed by atoms with Gasteiger partial charge in [-0.15, -0.1) is 0 Å². The molecule has 0 radical (unpaired) electrons. The molecule has 0 unspecified atom stereocenters. The lowest BCUT2D eigenvalue weighted by molar-refractivity contribution is -0.127. The van der Waals surface area contributed by atoms with E-state index in [2.05, 4.69) is 36.2 Å². The van der Waals surface area contributed by atoms with Gasteiger partial charge in [0, 0.05) is 38.1 Å². The Hall–Kier alpha value is -3.45. The lowest BCUT2D eigenvalue weighted by Crippen LogP contribution is -2.28. The molecule has 7 heteroatoms. The summed E-state index contributed by atoms with van der Waals surface area (Å²) in [6.45, 7) is 3.58. The van der Waals surface area contributed by atoms with E-state index in [1.807, 2.05) is 24.3 Å². The second kappa shape index (κ2) is 10.7. The summed E-state index contributed by atoms with van der Waals surface area (Å²) in [6.07, 6.45) is 8.45. The molecule has 1 fully saturated rings. The molecule has 3 aromatic rings. The first-order valence-electron chi connectivity index (χ1n) is 11.5. The van der Waals surface area contributed by atoms with E-state index in [4.69, 9.17) is 0 Å². The van der Waals surface area contributed by atoms with Gasteiger partial charge in [-0.25, -0.2) is 8.42 Å². The van der Waals surface area contributed by atoms with E-state index in [1.165, 1.54) is 9.87 Å². The number of sulfonamides is 1. The molecule has 1 aliphatic heterocycles. The molecule has 0 bridgehead atoms. The van der Waals surface area contributed by atoms with Crippen LogP contribution in [0.3, 0.4) is 0 Å². The van der Waals surface area contributed by atoms with Crippen molar-refractivity contribution >= 4 is 27.7 Å². The van der Waals surface area contributed by atoms with Crippen LogP contribution in [0.2, 0.25) is 0 Å². The van der Waals surface area contributed by atoms with E-state index in [0.29, 0.717) is 31.7 Å². The summed E-state index contributed by atoms with van der Waals surface area (Å²) >= 11 is 0. The van der Waals surface area contributed by atoms with Gasteiger partial charge in [-0.3, -0.25) is 14.1 Å². The zero-order valence-electron chi connectivity index (χ0n) is 19.3. The molecule has 1 aromatic heterocycles. The quantitative estimate of drug-likeness (QED) is 0.452. The van der Waals surface area contributed by atoms with E-state index < -0.39 is 10.0 Å². The van der Waals surface area contributed by atoms with Gasteiger partial charge in [0.2, 0.25) is 15.9 Å². The summed E-state index contributed by atoms with van der Waals surface area (Å²) in [7, 11) is -3.20. The standard InChI is InChI=1S/C27H29N3O3S/c1-2-22-6-8-24(9-7-22)20-29(21-25-5-3-16-28-19-25)27(31)15-12-23-10-13-26(14-11-23)30-17-4-18-34(30,32)33/h3,5-16,19H,2,4,17-18,20-21H2,1H3/b15-12+. The summed E-state index contributed by atoms with van der Waals surface area (Å²) in [5.41, 5.74) is 4.79. The molecule has 1 amide bonds. The number of carbonyl (C=O) groups is 1. The normalized spacial score (nSPS) is 15.0. The topological polar surface area (TPSA) is 70.6 Å². The average molecular weight is 476 g/mol. The molecule has 2 heterocycles. The molecule has 0 aliphatic carbocycles. The van der Waals surface area contributed by atoms with Gasteiger partial charge < -0.3 is 4.90 Å². The van der Waals surface area contributed by atoms with Gasteiger partial charge >= 0.3 is 0 Å². The number of nitrogens with zero attached hydrogens (tertiary/aromatic N) is 3. The molecule has 1 saturated heterocycles. The van der Waals surface area contributed by atoms with Crippen molar-refractivity contribution in [2.75, 3.05) is 16.6 Å².